The van der Waals surface area contributed by atoms with Crippen LogP contribution in [0.1, 0.15) is 18.7 Å². The lowest BCUT2D eigenvalue weighted by atomic mass is 9.88. The molecule has 1 aliphatic heterocycles. The topological polar surface area (TPSA) is 49.9 Å². The lowest BCUT2D eigenvalue weighted by Gasteiger charge is -2.35. The van der Waals surface area contributed by atoms with Crippen LogP contribution in [0.5, 0.6) is 0 Å². The zero-order valence-corrected chi connectivity index (χ0v) is 8.55. The molecule has 0 aliphatic carbocycles. The summed E-state index contributed by atoms with van der Waals surface area (Å²) in [4.78, 5) is 7.38. The normalized spacial score (nSPS) is 20.9. The van der Waals surface area contributed by atoms with Gasteiger partial charge in [0.05, 0.1) is 5.60 Å². The van der Waals surface area contributed by atoms with Gasteiger partial charge in [-0.05, 0) is 25.9 Å². The quantitative estimate of drug-likeness (QED) is 0.747. The second kappa shape index (κ2) is 4.11. The van der Waals surface area contributed by atoms with E-state index in [0.717, 1.165) is 38.2 Å². The van der Waals surface area contributed by atoms with Gasteiger partial charge in [-0.15, -0.1) is 0 Å². The molecular formula is C10H17N3O. The van der Waals surface area contributed by atoms with Crippen LogP contribution in [0.4, 0.5) is 0 Å². The maximum absolute atomic E-state index is 5.65. The van der Waals surface area contributed by atoms with E-state index < -0.39 is 0 Å². The fourth-order valence-corrected chi connectivity index (χ4v) is 2.04. The van der Waals surface area contributed by atoms with Crippen LogP contribution in [0.2, 0.25) is 0 Å². The number of aromatic amines is 1. The Balaban J connectivity index is 2.04. The molecule has 0 spiro atoms. The molecule has 1 saturated heterocycles. The Morgan fingerprint density at radius 3 is 2.86 bits per heavy atom. The summed E-state index contributed by atoms with van der Waals surface area (Å²) in [7, 11) is 1.80. The van der Waals surface area contributed by atoms with Gasteiger partial charge in [0.25, 0.3) is 0 Å². The molecule has 1 aliphatic rings. The van der Waals surface area contributed by atoms with Crippen LogP contribution in [-0.2, 0) is 11.2 Å². The minimum atomic E-state index is -0.0108. The Morgan fingerprint density at radius 2 is 2.29 bits per heavy atom. The maximum atomic E-state index is 5.65. The monoisotopic (exact) mass is 195 g/mol. The Morgan fingerprint density at radius 1 is 1.50 bits per heavy atom. The fourth-order valence-electron chi connectivity index (χ4n) is 2.04. The van der Waals surface area contributed by atoms with Gasteiger partial charge in [-0.25, -0.2) is 4.98 Å². The molecule has 0 saturated carbocycles. The predicted octanol–water partition coefficient (Wildman–Crippen LogP) is 0.721. The van der Waals surface area contributed by atoms with Crippen molar-refractivity contribution in [3.63, 3.8) is 0 Å². The van der Waals surface area contributed by atoms with Gasteiger partial charge in [0.2, 0.25) is 0 Å². The first kappa shape index (κ1) is 9.68. The van der Waals surface area contributed by atoms with Gasteiger partial charge in [-0.2, -0.15) is 0 Å². The third-order valence-corrected chi connectivity index (χ3v) is 2.99. The van der Waals surface area contributed by atoms with E-state index in [1.54, 1.807) is 13.3 Å². The molecule has 1 fully saturated rings. The summed E-state index contributed by atoms with van der Waals surface area (Å²) in [6, 6.07) is 0. The molecule has 0 aromatic carbocycles. The SMILES string of the molecule is COC1(Cc2ncc[nH]2)CCNCC1. The second-order valence-corrected chi connectivity index (χ2v) is 3.85. The van der Waals surface area contributed by atoms with Crippen LogP contribution in [0, 0.1) is 0 Å². The molecule has 0 radical (unpaired) electrons. The molecule has 0 bridgehead atoms. The molecule has 2 rings (SSSR count). The number of aromatic nitrogens is 2. The van der Waals surface area contributed by atoms with Crippen molar-refractivity contribution in [2.24, 2.45) is 0 Å². The summed E-state index contributed by atoms with van der Waals surface area (Å²) >= 11 is 0. The number of nitrogens with one attached hydrogen (secondary N) is 2. The molecule has 0 atom stereocenters. The van der Waals surface area contributed by atoms with Crippen molar-refractivity contribution < 1.29 is 4.74 Å². The largest absolute Gasteiger partial charge is 0.378 e. The van der Waals surface area contributed by atoms with E-state index in [1.165, 1.54) is 0 Å². The summed E-state index contributed by atoms with van der Waals surface area (Å²) < 4.78 is 5.65. The van der Waals surface area contributed by atoms with Crippen LogP contribution >= 0.6 is 0 Å². The average Bonchev–Trinajstić information content (AvgIpc) is 2.72. The highest BCUT2D eigenvalue weighted by Gasteiger charge is 2.32. The minimum Gasteiger partial charge on any atom is -0.378 e. The first-order chi connectivity index (χ1) is 6.85. The van der Waals surface area contributed by atoms with Crippen molar-refractivity contribution in [2.75, 3.05) is 20.2 Å². The molecule has 14 heavy (non-hydrogen) atoms. The molecule has 4 heteroatoms. The van der Waals surface area contributed by atoms with Crippen molar-refractivity contribution in [3.8, 4) is 0 Å². The number of piperidine rings is 1. The van der Waals surface area contributed by atoms with Gasteiger partial charge in [0, 0.05) is 25.9 Å². The van der Waals surface area contributed by atoms with Gasteiger partial charge in [-0.1, -0.05) is 0 Å². The van der Waals surface area contributed by atoms with Crippen molar-refractivity contribution in [2.45, 2.75) is 24.9 Å². The van der Waals surface area contributed by atoms with Gasteiger partial charge in [0.15, 0.2) is 0 Å². The number of imidazole rings is 1. The molecule has 78 valence electrons. The lowest BCUT2D eigenvalue weighted by molar-refractivity contribution is -0.0346. The number of hydrogen-bond donors (Lipinski definition) is 2. The highest BCUT2D eigenvalue weighted by Crippen LogP contribution is 2.25. The maximum Gasteiger partial charge on any atom is 0.108 e. The summed E-state index contributed by atoms with van der Waals surface area (Å²) in [5.74, 6) is 1.02. The average molecular weight is 195 g/mol. The number of H-pyrrole nitrogens is 1. The molecular weight excluding hydrogens is 178 g/mol. The molecule has 4 nitrogen and oxygen atoms in total. The van der Waals surface area contributed by atoms with E-state index in [4.69, 9.17) is 4.74 Å². The fraction of sp³-hybridized carbons (Fsp3) is 0.700. The molecule has 1 aromatic heterocycles. The minimum absolute atomic E-state index is 0.0108. The molecule has 1 aromatic rings. The molecule has 2 heterocycles. The standard InChI is InChI=1S/C10H17N3O/c1-14-10(2-4-11-5-3-10)8-9-12-6-7-13-9/h6-7,11H,2-5,8H2,1H3,(H,12,13). The van der Waals surface area contributed by atoms with Gasteiger partial charge < -0.3 is 15.0 Å². The number of nitrogens with zero attached hydrogens (tertiary/aromatic N) is 1. The number of methoxy groups -OCH3 is 1. The summed E-state index contributed by atoms with van der Waals surface area (Å²) in [6.45, 7) is 2.07. The Hall–Kier alpha value is -0.870. The summed E-state index contributed by atoms with van der Waals surface area (Å²) in [5.41, 5.74) is -0.0108. The number of hydrogen-bond acceptors (Lipinski definition) is 3. The zero-order chi connectivity index (χ0) is 9.86. The first-order valence-corrected chi connectivity index (χ1v) is 5.09. The second-order valence-electron chi connectivity index (χ2n) is 3.85. The smallest absolute Gasteiger partial charge is 0.108 e. The summed E-state index contributed by atoms with van der Waals surface area (Å²) in [6.07, 6.45) is 6.66. The van der Waals surface area contributed by atoms with Crippen LogP contribution < -0.4 is 5.32 Å². The van der Waals surface area contributed by atoms with Gasteiger partial charge in [-0.3, -0.25) is 0 Å². The van der Waals surface area contributed by atoms with Crippen molar-refractivity contribution >= 4 is 0 Å². The van der Waals surface area contributed by atoms with E-state index in [9.17, 15) is 0 Å². The van der Waals surface area contributed by atoms with Crippen molar-refractivity contribution in [3.05, 3.63) is 18.2 Å². The Bertz CT molecular complexity index is 265. The van der Waals surface area contributed by atoms with E-state index in [1.807, 2.05) is 6.20 Å². The van der Waals surface area contributed by atoms with Crippen LogP contribution in [0.3, 0.4) is 0 Å². The first-order valence-electron chi connectivity index (χ1n) is 5.09. The lowest BCUT2D eigenvalue weighted by Crippen LogP contribution is -2.45. The molecule has 2 N–H and O–H groups in total. The van der Waals surface area contributed by atoms with E-state index in [2.05, 4.69) is 15.3 Å². The predicted molar refractivity (Wildman–Crippen MR) is 54.1 cm³/mol. The molecule has 0 unspecified atom stereocenters. The highest BCUT2D eigenvalue weighted by molar-refractivity contribution is 4.98. The van der Waals surface area contributed by atoms with Crippen LogP contribution in [0.25, 0.3) is 0 Å². The van der Waals surface area contributed by atoms with Gasteiger partial charge >= 0.3 is 0 Å². The highest BCUT2D eigenvalue weighted by atomic mass is 16.5. The molecule has 0 amide bonds. The van der Waals surface area contributed by atoms with Crippen LogP contribution in [0.15, 0.2) is 12.4 Å². The third-order valence-electron chi connectivity index (χ3n) is 2.99. The summed E-state index contributed by atoms with van der Waals surface area (Å²) in [5, 5.41) is 3.34. The zero-order valence-electron chi connectivity index (χ0n) is 8.55. The number of rotatable bonds is 3. The third kappa shape index (κ3) is 1.96. The van der Waals surface area contributed by atoms with E-state index in [-0.39, 0.29) is 5.60 Å². The Kier molecular flexibility index (Phi) is 2.84. The van der Waals surface area contributed by atoms with E-state index in [0.29, 0.717) is 0 Å². The van der Waals surface area contributed by atoms with Crippen molar-refractivity contribution in [1.82, 2.24) is 15.3 Å². The van der Waals surface area contributed by atoms with Crippen molar-refractivity contribution in [1.29, 1.82) is 0 Å². The van der Waals surface area contributed by atoms with Crippen LogP contribution in [-0.4, -0.2) is 35.8 Å². The van der Waals surface area contributed by atoms with Gasteiger partial charge in [0.1, 0.15) is 5.82 Å². The van der Waals surface area contributed by atoms with E-state index >= 15 is 0 Å². The number of ether oxygens (including phenoxy) is 1. The Labute approximate surface area is 84.1 Å².